The van der Waals surface area contributed by atoms with Crippen molar-refractivity contribution in [2.75, 3.05) is 6.61 Å². The topological polar surface area (TPSA) is 92.5 Å². The predicted molar refractivity (Wildman–Crippen MR) is 66.7 cm³/mol. The average molecular weight is 273 g/mol. The molecule has 0 spiro atoms. The SMILES string of the molecule is C[C@H](CCO)NC(=O)c1cc(Cl)cc([N+](=O)[O-])c1. The number of halogens is 1. The van der Waals surface area contributed by atoms with Gasteiger partial charge in [-0.05, 0) is 19.4 Å². The van der Waals surface area contributed by atoms with Crippen molar-refractivity contribution in [1.82, 2.24) is 5.32 Å². The van der Waals surface area contributed by atoms with Gasteiger partial charge in [-0.25, -0.2) is 0 Å². The third-order valence-corrected chi connectivity index (χ3v) is 2.51. The van der Waals surface area contributed by atoms with Crippen molar-refractivity contribution in [3.63, 3.8) is 0 Å². The molecule has 0 saturated carbocycles. The van der Waals surface area contributed by atoms with Gasteiger partial charge in [0.15, 0.2) is 0 Å². The molecule has 0 aliphatic carbocycles. The maximum Gasteiger partial charge on any atom is 0.271 e. The Bertz CT molecular complexity index is 464. The van der Waals surface area contributed by atoms with E-state index in [1.807, 2.05) is 0 Å². The summed E-state index contributed by atoms with van der Waals surface area (Å²) in [5, 5.41) is 22.1. The minimum atomic E-state index is -0.611. The Morgan fingerprint density at radius 2 is 2.22 bits per heavy atom. The number of aliphatic hydroxyl groups excluding tert-OH is 1. The average Bonchev–Trinajstić information content (AvgIpc) is 2.28. The molecule has 0 radical (unpaired) electrons. The molecule has 1 amide bonds. The summed E-state index contributed by atoms with van der Waals surface area (Å²) in [4.78, 5) is 21.8. The number of nitro benzene ring substituents is 1. The molecular formula is C11H13ClN2O4. The van der Waals surface area contributed by atoms with E-state index in [2.05, 4.69) is 5.32 Å². The highest BCUT2D eigenvalue weighted by molar-refractivity contribution is 6.31. The molecule has 0 aliphatic rings. The first kappa shape index (κ1) is 14.4. The quantitative estimate of drug-likeness (QED) is 0.631. The van der Waals surface area contributed by atoms with Gasteiger partial charge in [0.1, 0.15) is 0 Å². The molecule has 1 rings (SSSR count). The van der Waals surface area contributed by atoms with Gasteiger partial charge in [-0.15, -0.1) is 0 Å². The van der Waals surface area contributed by atoms with Crippen molar-refractivity contribution < 1.29 is 14.8 Å². The number of hydrogen-bond donors (Lipinski definition) is 2. The first-order valence-corrected chi connectivity index (χ1v) is 5.68. The number of carbonyl (C=O) groups is 1. The summed E-state index contributed by atoms with van der Waals surface area (Å²) >= 11 is 5.71. The molecule has 0 heterocycles. The van der Waals surface area contributed by atoms with Crippen LogP contribution < -0.4 is 5.32 Å². The molecule has 0 saturated heterocycles. The van der Waals surface area contributed by atoms with Crippen LogP contribution in [0.15, 0.2) is 18.2 Å². The van der Waals surface area contributed by atoms with Crippen LogP contribution in [0.4, 0.5) is 5.69 Å². The lowest BCUT2D eigenvalue weighted by atomic mass is 10.1. The Morgan fingerprint density at radius 1 is 1.56 bits per heavy atom. The van der Waals surface area contributed by atoms with Crippen LogP contribution in [0.2, 0.25) is 5.02 Å². The second kappa shape index (κ2) is 6.32. The van der Waals surface area contributed by atoms with E-state index in [0.29, 0.717) is 6.42 Å². The van der Waals surface area contributed by atoms with Gasteiger partial charge in [0.05, 0.1) is 4.92 Å². The molecule has 7 heteroatoms. The summed E-state index contributed by atoms with van der Waals surface area (Å²) < 4.78 is 0. The number of hydrogen-bond acceptors (Lipinski definition) is 4. The van der Waals surface area contributed by atoms with E-state index in [9.17, 15) is 14.9 Å². The van der Waals surface area contributed by atoms with Crippen molar-refractivity contribution in [3.05, 3.63) is 38.9 Å². The van der Waals surface area contributed by atoms with Gasteiger partial charge in [0.2, 0.25) is 0 Å². The highest BCUT2D eigenvalue weighted by Gasteiger charge is 2.15. The molecule has 6 nitrogen and oxygen atoms in total. The Balaban J connectivity index is 2.88. The van der Waals surface area contributed by atoms with E-state index < -0.39 is 10.8 Å². The predicted octanol–water partition coefficient (Wildman–Crippen LogP) is 1.75. The minimum Gasteiger partial charge on any atom is -0.396 e. The Morgan fingerprint density at radius 3 is 2.78 bits per heavy atom. The van der Waals surface area contributed by atoms with E-state index in [4.69, 9.17) is 16.7 Å². The second-order valence-corrected chi connectivity index (χ2v) is 4.28. The largest absolute Gasteiger partial charge is 0.396 e. The zero-order chi connectivity index (χ0) is 13.7. The van der Waals surface area contributed by atoms with Crippen molar-refractivity contribution >= 4 is 23.2 Å². The maximum absolute atomic E-state index is 11.8. The molecule has 0 fully saturated rings. The lowest BCUT2D eigenvalue weighted by Gasteiger charge is -2.12. The molecule has 0 unspecified atom stereocenters. The van der Waals surface area contributed by atoms with Crippen molar-refractivity contribution in [1.29, 1.82) is 0 Å². The summed E-state index contributed by atoms with van der Waals surface area (Å²) in [5.41, 5.74) is -0.110. The summed E-state index contributed by atoms with van der Waals surface area (Å²) in [7, 11) is 0. The van der Waals surface area contributed by atoms with E-state index >= 15 is 0 Å². The van der Waals surface area contributed by atoms with Gasteiger partial charge in [0.25, 0.3) is 11.6 Å². The number of rotatable bonds is 5. The molecule has 0 aliphatic heterocycles. The maximum atomic E-state index is 11.8. The van der Waals surface area contributed by atoms with Crippen molar-refractivity contribution in [3.8, 4) is 0 Å². The highest BCUT2D eigenvalue weighted by atomic mass is 35.5. The fourth-order valence-electron chi connectivity index (χ4n) is 1.38. The van der Waals surface area contributed by atoms with E-state index in [1.165, 1.54) is 12.1 Å². The van der Waals surface area contributed by atoms with Crippen LogP contribution in [0.1, 0.15) is 23.7 Å². The van der Waals surface area contributed by atoms with Gasteiger partial charge in [-0.1, -0.05) is 11.6 Å². The number of carbonyl (C=O) groups excluding carboxylic acids is 1. The molecule has 98 valence electrons. The van der Waals surface area contributed by atoms with Gasteiger partial charge in [0, 0.05) is 35.4 Å². The molecule has 0 bridgehead atoms. The number of nitrogens with one attached hydrogen (secondary N) is 1. The van der Waals surface area contributed by atoms with Gasteiger partial charge < -0.3 is 10.4 Å². The Labute approximate surface area is 109 Å². The monoisotopic (exact) mass is 272 g/mol. The third-order valence-electron chi connectivity index (χ3n) is 2.30. The summed E-state index contributed by atoms with van der Waals surface area (Å²) in [6.45, 7) is 1.68. The Kier molecular flexibility index (Phi) is 5.06. The molecule has 1 aromatic rings. The first-order chi connectivity index (χ1) is 8.43. The van der Waals surface area contributed by atoms with Gasteiger partial charge in [-0.3, -0.25) is 14.9 Å². The smallest absolute Gasteiger partial charge is 0.271 e. The minimum absolute atomic E-state index is 0.0445. The Hall–Kier alpha value is -1.66. The van der Waals surface area contributed by atoms with Crippen LogP contribution in [0.25, 0.3) is 0 Å². The number of nitro groups is 1. The summed E-state index contributed by atoms with van der Waals surface area (Å²) in [6, 6.07) is 3.47. The molecule has 0 aromatic heterocycles. The molecule has 1 atom stereocenters. The van der Waals surface area contributed by atoms with Crippen molar-refractivity contribution in [2.45, 2.75) is 19.4 Å². The lowest BCUT2D eigenvalue weighted by molar-refractivity contribution is -0.384. The zero-order valence-corrected chi connectivity index (χ0v) is 10.5. The first-order valence-electron chi connectivity index (χ1n) is 5.30. The fraction of sp³-hybridized carbons (Fsp3) is 0.364. The number of non-ortho nitro benzene ring substituents is 1. The van der Waals surface area contributed by atoms with Crippen LogP contribution in [0, 0.1) is 10.1 Å². The number of aliphatic hydroxyl groups is 1. The second-order valence-electron chi connectivity index (χ2n) is 3.84. The van der Waals surface area contributed by atoms with Crippen LogP contribution in [-0.2, 0) is 0 Å². The molecule has 18 heavy (non-hydrogen) atoms. The highest BCUT2D eigenvalue weighted by Crippen LogP contribution is 2.20. The fourth-order valence-corrected chi connectivity index (χ4v) is 1.61. The standard InChI is InChI=1S/C11H13ClN2O4/c1-7(2-3-15)13-11(16)8-4-9(12)6-10(5-8)14(17)18/h4-7,15H,2-3H2,1H3,(H,13,16)/t7-/m1/s1. The number of amides is 1. The third kappa shape index (κ3) is 3.97. The van der Waals surface area contributed by atoms with Crippen LogP contribution in [0.5, 0.6) is 0 Å². The zero-order valence-electron chi connectivity index (χ0n) is 9.72. The van der Waals surface area contributed by atoms with E-state index in [1.54, 1.807) is 6.92 Å². The summed E-state index contributed by atoms with van der Waals surface area (Å²) in [5.74, 6) is -0.457. The summed E-state index contributed by atoms with van der Waals surface area (Å²) in [6.07, 6.45) is 0.411. The normalized spacial score (nSPS) is 11.9. The molecule has 1 aromatic carbocycles. The number of benzene rings is 1. The number of nitrogens with zero attached hydrogens (tertiary/aromatic N) is 1. The van der Waals surface area contributed by atoms with E-state index in [-0.39, 0.29) is 28.9 Å². The van der Waals surface area contributed by atoms with Gasteiger partial charge in [-0.2, -0.15) is 0 Å². The van der Waals surface area contributed by atoms with Crippen LogP contribution in [-0.4, -0.2) is 28.6 Å². The van der Waals surface area contributed by atoms with E-state index in [0.717, 1.165) is 6.07 Å². The lowest BCUT2D eigenvalue weighted by Crippen LogP contribution is -2.33. The van der Waals surface area contributed by atoms with Crippen LogP contribution in [0.3, 0.4) is 0 Å². The van der Waals surface area contributed by atoms with Crippen LogP contribution >= 0.6 is 11.6 Å². The molecule has 2 N–H and O–H groups in total. The molecular weight excluding hydrogens is 260 g/mol. The van der Waals surface area contributed by atoms with Gasteiger partial charge >= 0.3 is 0 Å². The van der Waals surface area contributed by atoms with Crippen molar-refractivity contribution in [2.24, 2.45) is 0 Å².